The summed E-state index contributed by atoms with van der Waals surface area (Å²) in [6.07, 6.45) is 4.35. The highest BCUT2D eigenvalue weighted by molar-refractivity contribution is 5.99. The van der Waals surface area contributed by atoms with Crippen LogP contribution in [0.4, 0.5) is 4.39 Å². The Hall–Kier alpha value is -4.07. The number of carbonyl (C=O) groups is 1. The van der Waals surface area contributed by atoms with Crippen molar-refractivity contribution in [2.75, 3.05) is 13.1 Å². The van der Waals surface area contributed by atoms with Crippen molar-refractivity contribution in [1.29, 1.82) is 0 Å². The summed E-state index contributed by atoms with van der Waals surface area (Å²) in [4.78, 5) is 13.9. The molecule has 3 N–H and O–H groups in total. The van der Waals surface area contributed by atoms with Crippen LogP contribution in [0.25, 0.3) is 5.69 Å². The number of amides is 1. The highest BCUT2D eigenvalue weighted by Crippen LogP contribution is 2.35. The van der Waals surface area contributed by atoms with E-state index in [-0.39, 0.29) is 17.6 Å². The molecule has 2 aliphatic rings. The summed E-state index contributed by atoms with van der Waals surface area (Å²) in [6.45, 7) is 5.54. The van der Waals surface area contributed by atoms with Gasteiger partial charge in [-0.05, 0) is 66.6 Å². The molecule has 7 nitrogen and oxygen atoms in total. The molecule has 3 heterocycles. The minimum Gasteiger partial charge on any atom is -0.457 e. The Bertz CT molecular complexity index is 1230. The van der Waals surface area contributed by atoms with Crippen molar-refractivity contribution in [3.63, 3.8) is 0 Å². The molecule has 1 aromatic heterocycles. The maximum absolute atomic E-state index is 13.1. The maximum Gasteiger partial charge on any atom is 0.245 e. The van der Waals surface area contributed by atoms with Gasteiger partial charge < -0.3 is 25.4 Å². The Morgan fingerprint density at radius 2 is 1.88 bits per heavy atom. The molecule has 1 atom stereocenters. The summed E-state index contributed by atoms with van der Waals surface area (Å²) in [5.74, 6) is 1.50. The second kappa shape index (κ2) is 8.46. The molecule has 0 aliphatic carbocycles. The summed E-state index contributed by atoms with van der Waals surface area (Å²) < 4.78 is 21.0. The number of hydrogen-bond acceptors (Lipinski definition) is 5. The Morgan fingerprint density at radius 3 is 2.58 bits per heavy atom. The minimum absolute atomic E-state index is 0.0401. The molecular formula is C25H24FN5O2. The molecule has 1 amide bonds. The van der Waals surface area contributed by atoms with Crippen molar-refractivity contribution in [3.8, 4) is 17.2 Å². The smallest absolute Gasteiger partial charge is 0.245 e. The maximum atomic E-state index is 13.1. The average molecular weight is 445 g/mol. The van der Waals surface area contributed by atoms with Crippen LogP contribution in [0.2, 0.25) is 0 Å². The van der Waals surface area contributed by atoms with E-state index >= 15 is 0 Å². The fourth-order valence-corrected chi connectivity index (χ4v) is 4.50. The summed E-state index contributed by atoms with van der Waals surface area (Å²) in [5, 5.41) is 4.22. The summed E-state index contributed by atoms with van der Waals surface area (Å²) in [6, 6.07) is 13.5. The molecule has 1 fully saturated rings. The Morgan fingerprint density at radius 1 is 1.18 bits per heavy atom. The number of amidine groups is 1. The van der Waals surface area contributed by atoms with Gasteiger partial charge in [-0.15, -0.1) is 0 Å². The molecule has 5 rings (SSSR count). The van der Waals surface area contributed by atoms with E-state index in [1.165, 1.54) is 23.8 Å². The van der Waals surface area contributed by atoms with Crippen LogP contribution in [-0.4, -0.2) is 34.3 Å². The third kappa shape index (κ3) is 3.95. The third-order valence-corrected chi connectivity index (χ3v) is 6.12. The van der Waals surface area contributed by atoms with Gasteiger partial charge in [0.15, 0.2) is 5.84 Å². The summed E-state index contributed by atoms with van der Waals surface area (Å²) in [7, 11) is 0. The summed E-state index contributed by atoms with van der Waals surface area (Å²) in [5.41, 5.74) is 13.3. The highest BCUT2D eigenvalue weighted by Gasteiger charge is 2.32. The molecule has 33 heavy (non-hydrogen) atoms. The van der Waals surface area contributed by atoms with Gasteiger partial charge in [-0.25, -0.2) is 4.39 Å². The van der Waals surface area contributed by atoms with Gasteiger partial charge in [0.1, 0.15) is 17.3 Å². The van der Waals surface area contributed by atoms with Gasteiger partial charge in [0, 0.05) is 36.5 Å². The SMILES string of the molecule is C=CC(=O)N1CC[C@H](c2cn(-c3ccc(Oc4ccc(F)cc4)cc3)c3c2CNN=C3N)C1. The normalized spacial score (nSPS) is 17.2. The van der Waals surface area contributed by atoms with E-state index < -0.39 is 0 Å². The Labute approximate surface area is 191 Å². The Kier molecular flexibility index (Phi) is 5.34. The number of hydrogen-bond donors (Lipinski definition) is 2. The molecular weight excluding hydrogens is 421 g/mol. The highest BCUT2D eigenvalue weighted by atomic mass is 19.1. The first-order valence-electron chi connectivity index (χ1n) is 10.8. The van der Waals surface area contributed by atoms with Crippen LogP contribution < -0.4 is 15.9 Å². The number of fused-ring (bicyclic) bond motifs is 1. The molecule has 8 heteroatoms. The molecule has 2 aromatic carbocycles. The molecule has 0 radical (unpaired) electrons. The number of aromatic nitrogens is 1. The van der Waals surface area contributed by atoms with E-state index in [4.69, 9.17) is 10.5 Å². The zero-order valence-electron chi connectivity index (χ0n) is 18.0. The zero-order valence-corrected chi connectivity index (χ0v) is 18.0. The second-order valence-electron chi connectivity index (χ2n) is 8.14. The number of halogens is 1. The average Bonchev–Trinajstić information content (AvgIpc) is 3.47. The van der Waals surface area contributed by atoms with Crippen molar-refractivity contribution in [2.24, 2.45) is 10.8 Å². The van der Waals surface area contributed by atoms with Gasteiger partial charge >= 0.3 is 0 Å². The first kappa shape index (κ1) is 20.8. The van der Waals surface area contributed by atoms with Crippen molar-refractivity contribution < 1.29 is 13.9 Å². The molecule has 0 spiro atoms. The number of nitrogens with two attached hydrogens (primary N) is 1. The molecule has 0 bridgehead atoms. The van der Waals surface area contributed by atoms with Crippen molar-refractivity contribution in [3.05, 3.63) is 90.0 Å². The standard InChI is InChI=1S/C25H24FN5O2/c1-2-23(32)30-12-11-16(14-30)22-15-31(24-21(22)13-28-29-25(24)27)18-5-9-20(10-6-18)33-19-7-3-17(26)4-8-19/h2-10,15-16,28H,1,11-14H2,(H2,27,29)/t16-/m0/s1. The van der Waals surface area contributed by atoms with Crippen molar-refractivity contribution >= 4 is 11.7 Å². The first-order chi connectivity index (χ1) is 16.0. The van der Waals surface area contributed by atoms with E-state index in [1.807, 2.05) is 33.7 Å². The van der Waals surface area contributed by atoms with Crippen LogP contribution in [0.15, 0.2) is 72.5 Å². The predicted octanol–water partition coefficient (Wildman–Crippen LogP) is 3.63. The van der Waals surface area contributed by atoms with Gasteiger partial charge in [0.05, 0.1) is 12.2 Å². The second-order valence-corrected chi connectivity index (χ2v) is 8.14. The largest absolute Gasteiger partial charge is 0.457 e. The van der Waals surface area contributed by atoms with Crippen molar-refractivity contribution in [2.45, 2.75) is 18.9 Å². The van der Waals surface area contributed by atoms with Crippen LogP contribution in [0.5, 0.6) is 11.5 Å². The summed E-state index contributed by atoms with van der Waals surface area (Å²) >= 11 is 0. The quantitative estimate of drug-likeness (QED) is 0.588. The first-order valence-corrected chi connectivity index (χ1v) is 10.8. The lowest BCUT2D eigenvalue weighted by Gasteiger charge is -2.17. The molecule has 168 valence electrons. The van der Waals surface area contributed by atoms with Gasteiger partial charge in [0.25, 0.3) is 0 Å². The van der Waals surface area contributed by atoms with Crippen molar-refractivity contribution in [1.82, 2.24) is 14.9 Å². The molecule has 0 saturated carbocycles. The number of carbonyl (C=O) groups excluding carboxylic acids is 1. The number of nitrogens with zero attached hydrogens (tertiary/aromatic N) is 3. The lowest BCUT2D eigenvalue weighted by molar-refractivity contribution is -0.125. The topological polar surface area (TPSA) is 84.9 Å². The lowest BCUT2D eigenvalue weighted by atomic mass is 9.95. The molecule has 2 aliphatic heterocycles. The fraction of sp³-hybridized carbons (Fsp3) is 0.200. The van der Waals surface area contributed by atoms with Gasteiger partial charge in [0.2, 0.25) is 5.91 Å². The van der Waals surface area contributed by atoms with Crippen LogP contribution in [0, 0.1) is 5.82 Å². The van der Waals surface area contributed by atoms with Gasteiger partial charge in [-0.2, -0.15) is 5.10 Å². The van der Waals surface area contributed by atoms with E-state index in [1.54, 1.807) is 12.1 Å². The number of benzene rings is 2. The Balaban J connectivity index is 1.45. The third-order valence-electron chi connectivity index (χ3n) is 6.12. The lowest BCUT2D eigenvalue weighted by Crippen LogP contribution is -2.29. The van der Waals surface area contributed by atoms with E-state index in [0.717, 1.165) is 23.4 Å². The number of nitrogens with one attached hydrogen (secondary N) is 1. The number of likely N-dealkylation sites (tertiary alicyclic amines) is 1. The van der Waals surface area contributed by atoms with E-state index in [2.05, 4.69) is 23.3 Å². The molecule has 1 saturated heterocycles. The monoisotopic (exact) mass is 445 g/mol. The van der Waals surface area contributed by atoms with Crippen LogP contribution in [0.3, 0.4) is 0 Å². The molecule has 0 unspecified atom stereocenters. The minimum atomic E-state index is -0.307. The number of rotatable bonds is 5. The van der Waals surface area contributed by atoms with Gasteiger partial charge in [-0.1, -0.05) is 6.58 Å². The fourth-order valence-electron chi connectivity index (χ4n) is 4.50. The predicted molar refractivity (Wildman–Crippen MR) is 124 cm³/mol. The van der Waals surface area contributed by atoms with Crippen LogP contribution in [-0.2, 0) is 11.3 Å². The van der Waals surface area contributed by atoms with E-state index in [0.29, 0.717) is 37.0 Å². The van der Waals surface area contributed by atoms with Gasteiger partial charge in [-0.3, -0.25) is 4.79 Å². The number of hydrazone groups is 1. The molecule has 3 aromatic rings. The van der Waals surface area contributed by atoms with E-state index in [9.17, 15) is 9.18 Å². The van der Waals surface area contributed by atoms with Crippen LogP contribution in [0.1, 0.15) is 29.2 Å². The number of ether oxygens (including phenoxy) is 1. The zero-order chi connectivity index (χ0) is 22.9. The van der Waals surface area contributed by atoms with Crippen LogP contribution >= 0.6 is 0 Å².